The van der Waals surface area contributed by atoms with E-state index in [1.165, 1.54) is 41.2 Å². The van der Waals surface area contributed by atoms with Crippen LogP contribution in [-0.4, -0.2) is 29.0 Å². The molecule has 0 aliphatic carbocycles. The molecule has 2 nitrogen and oxygen atoms in total. The van der Waals surface area contributed by atoms with Crippen LogP contribution in [0.2, 0.25) is 0 Å². The standard InChI is InChI=1S/C17H18N2/c1-19-14-6-7-15(19)9-13(8-14)17-11-18-10-12-4-2-3-5-16(12)17/h2-5,8,10-11,14-15H,6-7,9H2,1H3. The molecule has 19 heavy (non-hydrogen) atoms. The Kier molecular flexibility index (Phi) is 2.46. The number of nitrogens with zero attached hydrogens (tertiary/aromatic N) is 2. The lowest BCUT2D eigenvalue weighted by molar-refractivity contribution is 0.264. The fourth-order valence-electron chi connectivity index (χ4n) is 3.61. The predicted molar refractivity (Wildman–Crippen MR) is 78.9 cm³/mol. The molecule has 1 aromatic carbocycles. The van der Waals surface area contributed by atoms with Gasteiger partial charge in [-0.05, 0) is 37.3 Å². The van der Waals surface area contributed by atoms with E-state index in [1.54, 1.807) is 0 Å². The molecule has 2 heteroatoms. The second kappa shape index (κ2) is 4.17. The van der Waals surface area contributed by atoms with Crippen molar-refractivity contribution < 1.29 is 0 Å². The van der Waals surface area contributed by atoms with Crippen LogP contribution < -0.4 is 0 Å². The van der Waals surface area contributed by atoms with Crippen LogP contribution in [0.25, 0.3) is 16.3 Å². The first-order valence-corrected chi connectivity index (χ1v) is 7.09. The Morgan fingerprint density at radius 3 is 2.95 bits per heavy atom. The molecular weight excluding hydrogens is 232 g/mol. The van der Waals surface area contributed by atoms with Crippen LogP contribution in [0.4, 0.5) is 0 Å². The highest BCUT2D eigenvalue weighted by molar-refractivity contribution is 5.93. The maximum atomic E-state index is 4.42. The number of benzene rings is 1. The van der Waals surface area contributed by atoms with Crippen molar-refractivity contribution >= 4 is 16.3 Å². The van der Waals surface area contributed by atoms with Crippen molar-refractivity contribution in [2.24, 2.45) is 0 Å². The Labute approximate surface area is 113 Å². The molecule has 2 aliphatic rings. The smallest absolute Gasteiger partial charge is 0.0349 e. The minimum absolute atomic E-state index is 0.632. The van der Waals surface area contributed by atoms with Gasteiger partial charge in [-0.3, -0.25) is 9.88 Å². The van der Waals surface area contributed by atoms with E-state index >= 15 is 0 Å². The summed E-state index contributed by atoms with van der Waals surface area (Å²) in [5.74, 6) is 0. The highest BCUT2D eigenvalue weighted by Crippen LogP contribution is 2.38. The third kappa shape index (κ3) is 1.71. The van der Waals surface area contributed by atoms with Crippen molar-refractivity contribution in [2.75, 3.05) is 7.05 Å². The van der Waals surface area contributed by atoms with E-state index in [0.717, 1.165) is 6.04 Å². The molecular formula is C17H18N2. The highest BCUT2D eigenvalue weighted by Gasteiger charge is 2.34. The number of hydrogen-bond acceptors (Lipinski definition) is 2. The van der Waals surface area contributed by atoms with Gasteiger partial charge in [0, 0.05) is 35.4 Å². The van der Waals surface area contributed by atoms with Gasteiger partial charge in [0.25, 0.3) is 0 Å². The van der Waals surface area contributed by atoms with Crippen LogP contribution in [0.15, 0.2) is 42.7 Å². The molecule has 0 spiro atoms. The predicted octanol–water partition coefficient (Wildman–Crippen LogP) is 3.48. The van der Waals surface area contributed by atoms with E-state index in [2.05, 4.69) is 47.3 Å². The van der Waals surface area contributed by atoms with Crippen LogP contribution in [0.3, 0.4) is 0 Å². The molecule has 96 valence electrons. The summed E-state index contributed by atoms with van der Waals surface area (Å²) in [4.78, 5) is 6.95. The van der Waals surface area contributed by atoms with Gasteiger partial charge in [0.1, 0.15) is 0 Å². The van der Waals surface area contributed by atoms with Gasteiger partial charge in [0.05, 0.1) is 0 Å². The fourth-order valence-corrected chi connectivity index (χ4v) is 3.61. The van der Waals surface area contributed by atoms with Gasteiger partial charge in [-0.1, -0.05) is 30.3 Å². The summed E-state index contributed by atoms with van der Waals surface area (Å²) in [6, 6.07) is 9.93. The Hall–Kier alpha value is -1.67. The number of aromatic nitrogens is 1. The zero-order chi connectivity index (χ0) is 12.8. The Morgan fingerprint density at radius 2 is 2.05 bits per heavy atom. The molecule has 0 amide bonds. The first-order valence-electron chi connectivity index (χ1n) is 7.09. The second-order valence-corrected chi connectivity index (χ2v) is 5.77. The number of rotatable bonds is 1. The monoisotopic (exact) mass is 250 g/mol. The van der Waals surface area contributed by atoms with Gasteiger partial charge in [-0.2, -0.15) is 0 Å². The molecule has 0 radical (unpaired) electrons. The van der Waals surface area contributed by atoms with Crippen LogP contribution in [0.5, 0.6) is 0 Å². The zero-order valence-corrected chi connectivity index (χ0v) is 11.2. The van der Waals surface area contributed by atoms with Crippen molar-refractivity contribution in [3.8, 4) is 0 Å². The average Bonchev–Trinajstić information content (AvgIpc) is 2.67. The van der Waals surface area contributed by atoms with Crippen LogP contribution in [0, 0.1) is 0 Å². The van der Waals surface area contributed by atoms with E-state index in [9.17, 15) is 0 Å². The van der Waals surface area contributed by atoms with Crippen LogP contribution in [-0.2, 0) is 0 Å². The topological polar surface area (TPSA) is 16.1 Å². The summed E-state index contributed by atoms with van der Waals surface area (Å²) < 4.78 is 0. The third-order valence-electron chi connectivity index (χ3n) is 4.76. The van der Waals surface area contributed by atoms with Gasteiger partial charge < -0.3 is 0 Å². The number of hydrogen-bond donors (Lipinski definition) is 0. The largest absolute Gasteiger partial charge is 0.297 e. The molecule has 2 aromatic rings. The van der Waals surface area contributed by atoms with E-state index < -0.39 is 0 Å². The maximum absolute atomic E-state index is 4.42. The number of pyridine rings is 1. The molecule has 3 heterocycles. The van der Waals surface area contributed by atoms with Crippen LogP contribution in [0.1, 0.15) is 24.8 Å². The summed E-state index contributed by atoms with van der Waals surface area (Å²) in [6.45, 7) is 0. The zero-order valence-electron chi connectivity index (χ0n) is 11.2. The van der Waals surface area contributed by atoms with E-state index in [-0.39, 0.29) is 0 Å². The SMILES string of the molecule is CN1C2C=C(c3cncc4ccccc34)CC1CC2. The quantitative estimate of drug-likeness (QED) is 0.770. The van der Waals surface area contributed by atoms with Crippen molar-refractivity contribution in [3.63, 3.8) is 0 Å². The summed E-state index contributed by atoms with van der Waals surface area (Å²) in [5, 5.41) is 2.58. The highest BCUT2D eigenvalue weighted by atomic mass is 15.2. The van der Waals surface area contributed by atoms with Crippen molar-refractivity contribution in [2.45, 2.75) is 31.3 Å². The Morgan fingerprint density at radius 1 is 1.16 bits per heavy atom. The maximum Gasteiger partial charge on any atom is 0.0349 e. The van der Waals surface area contributed by atoms with Crippen LogP contribution >= 0.6 is 0 Å². The molecule has 2 bridgehead atoms. The van der Waals surface area contributed by atoms with Gasteiger partial charge in [0.2, 0.25) is 0 Å². The molecule has 1 fully saturated rings. The van der Waals surface area contributed by atoms with Gasteiger partial charge in [-0.15, -0.1) is 0 Å². The minimum atomic E-state index is 0.632. The van der Waals surface area contributed by atoms with Crippen molar-refractivity contribution in [3.05, 3.63) is 48.3 Å². The molecule has 1 aromatic heterocycles. The van der Waals surface area contributed by atoms with Gasteiger partial charge >= 0.3 is 0 Å². The number of likely N-dealkylation sites (N-methyl/N-ethyl adjacent to an activating group) is 1. The number of fused-ring (bicyclic) bond motifs is 3. The fraction of sp³-hybridized carbons (Fsp3) is 0.353. The molecule has 2 atom stereocenters. The summed E-state index contributed by atoms with van der Waals surface area (Å²) in [6.07, 6.45) is 10.3. The minimum Gasteiger partial charge on any atom is -0.297 e. The van der Waals surface area contributed by atoms with E-state index in [0.29, 0.717) is 6.04 Å². The van der Waals surface area contributed by atoms with Gasteiger partial charge in [-0.25, -0.2) is 0 Å². The Balaban J connectivity index is 1.86. The molecule has 2 aliphatic heterocycles. The van der Waals surface area contributed by atoms with Gasteiger partial charge in [0.15, 0.2) is 0 Å². The molecule has 1 saturated heterocycles. The van der Waals surface area contributed by atoms with Crippen molar-refractivity contribution in [1.82, 2.24) is 9.88 Å². The lowest BCUT2D eigenvalue weighted by Gasteiger charge is -2.30. The average molecular weight is 250 g/mol. The summed E-state index contributed by atoms with van der Waals surface area (Å²) >= 11 is 0. The summed E-state index contributed by atoms with van der Waals surface area (Å²) in [5.41, 5.74) is 2.83. The van der Waals surface area contributed by atoms with E-state index in [1.807, 2.05) is 12.4 Å². The second-order valence-electron chi connectivity index (χ2n) is 5.77. The molecule has 0 N–H and O–H groups in total. The first kappa shape index (κ1) is 11.2. The van der Waals surface area contributed by atoms with Crippen molar-refractivity contribution in [1.29, 1.82) is 0 Å². The lowest BCUT2D eigenvalue weighted by atomic mass is 9.93. The lowest BCUT2D eigenvalue weighted by Crippen LogP contribution is -2.34. The molecule has 2 unspecified atom stereocenters. The molecule has 4 rings (SSSR count). The molecule has 0 saturated carbocycles. The third-order valence-corrected chi connectivity index (χ3v) is 4.76. The summed E-state index contributed by atoms with van der Waals surface area (Å²) in [7, 11) is 2.26. The van der Waals surface area contributed by atoms with E-state index in [4.69, 9.17) is 0 Å². The Bertz CT molecular complexity index is 654. The normalized spacial score (nSPS) is 26.7. The first-order chi connectivity index (χ1) is 9.33.